The van der Waals surface area contributed by atoms with Gasteiger partial charge in [-0.1, -0.05) is 36.4 Å². The lowest BCUT2D eigenvalue weighted by atomic mass is 9.86. The first kappa shape index (κ1) is 12.6. The molecule has 0 aromatic heterocycles. The van der Waals surface area contributed by atoms with Crippen molar-refractivity contribution in [3.8, 4) is 0 Å². The first-order valence-corrected chi connectivity index (χ1v) is 6.64. The van der Waals surface area contributed by atoms with Gasteiger partial charge in [-0.3, -0.25) is 0 Å². The predicted octanol–water partition coefficient (Wildman–Crippen LogP) is 3.86. The number of aryl methyl sites for hydroxylation is 1. The molecule has 1 atom stereocenters. The maximum absolute atomic E-state index is 10.7. The molecule has 2 rings (SSSR count). The van der Waals surface area contributed by atoms with E-state index in [2.05, 4.69) is 22.6 Å². The second kappa shape index (κ2) is 4.78. The van der Waals surface area contributed by atoms with Crippen molar-refractivity contribution < 1.29 is 5.11 Å². The van der Waals surface area contributed by atoms with Crippen LogP contribution < -0.4 is 0 Å². The van der Waals surface area contributed by atoms with E-state index in [9.17, 15) is 5.11 Å². The van der Waals surface area contributed by atoms with Crippen molar-refractivity contribution in [2.75, 3.05) is 0 Å². The molecule has 0 heterocycles. The number of hydrogen-bond acceptors (Lipinski definition) is 1. The molecule has 0 aliphatic rings. The second-order valence-corrected chi connectivity index (χ2v) is 5.64. The van der Waals surface area contributed by atoms with Crippen LogP contribution in [0.5, 0.6) is 0 Å². The van der Waals surface area contributed by atoms with Crippen LogP contribution in [0.4, 0.5) is 0 Å². The third-order valence-electron chi connectivity index (χ3n) is 3.08. The molecule has 0 saturated heterocycles. The maximum atomic E-state index is 10.7. The van der Waals surface area contributed by atoms with Crippen molar-refractivity contribution in [1.82, 2.24) is 0 Å². The summed E-state index contributed by atoms with van der Waals surface area (Å²) in [5.74, 6) is 0. The van der Waals surface area contributed by atoms with Crippen molar-refractivity contribution >= 4 is 22.6 Å². The van der Waals surface area contributed by atoms with E-state index in [4.69, 9.17) is 0 Å². The minimum absolute atomic E-state index is 0.923. The Labute approximate surface area is 116 Å². The van der Waals surface area contributed by atoms with Gasteiger partial charge in [0.15, 0.2) is 0 Å². The summed E-state index contributed by atoms with van der Waals surface area (Å²) in [6.45, 7) is 3.87. The third-order valence-corrected chi connectivity index (χ3v) is 3.80. The highest BCUT2D eigenvalue weighted by Gasteiger charge is 2.26. The Morgan fingerprint density at radius 3 is 2.18 bits per heavy atom. The van der Waals surface area contributed by atoms with Gasteiger partial charge in [0.05, 0.1) is 0 Å². The van der Waals surface area contributed by atoms with Gasteiger partial charge in [0.25, 0.3) is 0 Å². The molecule has 2 aromatic carbocycles. The fourth-order valence-electron chi connectivity index (χ4n) is 2.05. The number of halogens is 1. The maximum Gasteiger partial charge on any atom is 0.112 e. The first-order chi connectivity index (χ1) is 8.01. The zero-order chi connectivity index (χ0) is 12.5. The van der Waals surface area contributed by atoms with E-state index >= 15 is 0 Å². The predicted molar refractivity (Wildman–Crippen MR) is 79.0 cm³/mol. The Hall–Kier alpha value is -0.870. The molecular formula is C15H15IO. The Morgan fingerprint density at radius 1 is 1.00 bits per heavy atom. The highest BCUT2D eigenvalue weighted by molar-refractivity contribution is 14.1. The quantitative estimate of drug-likeness (QED) is 0.825. The normalized spacial score (nSPS) is 14.4. The highest BCUT2D eigenvalue weighted by Crippen LogP contribution is 2.31. The molecule has 0 amide bonds. The van der Waals surface area contributed by atoms with Crippen LogP contribution in [0.25, 0.3) is 0 Å². The van der Waals surface area contributed by atoms with Gasteiger partial charge < -0.3 is 5.11 Å². The van der Waals surface area contributed by atoms with E-state index in [1.807, 2.05) is 62.4 Å². The van der Waals surface area contributed by atoms with Crippen LogP contribution in [-0.4, -0.2) is 5.11 Å². The molecular weight excluding hydrogens is 323 g/mol. The third kappa shape index (κ3) is 2.53. The molecule has 2 heteroatoms. The molecule has 88 valence electrons. The fraction of sp³-hybridized carbons (Fsp3) is 0.200. The Morgan fingerprint density at radius 2 is 1.59 bits per heavy atom. The summed E-state index contributed by atoms with van der Waals surface area (Å²) in [5.41, 5.74) is 2.06. The van der Waals surface area contributed by atoms with Gasteiger partial charge in [0.1, 0.15) is 5.60 Å². The van der Waals surface area contributed by atoms with Crippen LogP contribution in [0, 0.1) is 10.5 Å². The average Bonchev–Trinajstić information content (AvgIpc) is 2.30. The molecule has 0 bridgehead atoms. The molecule has 1 unspecified atom stereocenters. The van der Waals surface area contributed by atoms with Gasteiger partial charge in [-0.05, 0) is 65.3 Å². The molecule has 0 saturated carbocycles. The van der Waals surface area contributed by atoms with E-state index in [-0.39, 0.29) is 0 Å². The SMILES string of the molecule is Cc1ccccc1C(C)(O)c1ccc(I)cc1. The van der Waals surface area contributed by atoms with Gasteiger partial charge in [-0.2, -0.15) is 0 Å². The minimum Gasteiger partial charge on any atom is -0.381 e. The van der Waals surface area contributed by atoms with Crippen molar-refractivity contribution in [2.24, 2.45) is 0 Å². The molecule has 1 nitrogen and oxygen atoms in total. The zero-order valence-electron chi connectivity index (χ0n) is 9.94. The molecule has 1 N–H and O–H groups in total. The lowest BCUT2D eigenvalue weighted by Crippen LogP contribution is -2.23. The summed E-state index contributed by atoms with van der Waals surface area (Å²) in [6, 6.07) is 15.9. The summed E-state index contributed by atoms with van der Waals surface area (Å²) in [5, 5.41) is 10.7. The summed E-state index contributed by atoms with van der Waals surface area (Å²) in [4.78, 5) is 0. The standard InChI is InChI=1S/C15H15IO/c1-11-5-3-4-6-14(11)15(2,17)12-7-9-13(16)10-8-12/h3-10,17H,1-2H3. The molecule has 2 aromatic rings. The lowest BCUT2D eigenvalue weighted by Gasteiger charge is -2.26. The van der Waals surface area contributed by atoms with Crippen molar-refractivity contribution in [3.63, 3.8) is 0 Å². The molecule has 0 radical (unpaired) electrons. The van der Waals surface area contributed by atoms with Crippen LogP contribution >= 0.6 is 22.6 Å². The van der Waals surface area contributed by atoms with E-state index in [0.29, 0.717) is 0 Å². The Kier molecular flexibility index (Phi) is 3.54. The van der Waals surface area contributed by atoms with Gasteiger partial charge in [0, 0.05) is 3.57 Å². The summed E-state index contributed by atoms with van der Waals surface area (Å²) < 4.78 is 1.17. The van der Waals surface area contributed by atoms with Gasteiger partial charge in [0.2, 0.25) is 0 Å². The minimum atomic E-state index is -0.935. The largest absolute Gasteiger partial charge is 0.381 e. The van der Waals surface area contributed by atoms with Crippen LogP contribution in [0.15, 0.2) is 48.5 Å². The topological polar surface area (TPSA) is 20.2 Å². The van der Waals surface area contributed by atoms with Crippen LogP contribution in [0.1, 0.15) is 23.6 Å². The average molecular weight is 338 g/mol. The molecule has 17 heavy (non-hydrogen) atoms. The molecule has 0 aliphatic heterocycles. The fourth-order valence-corrected chi connectivity index (χ4v) is 2.41. The summed E-state index contributed by atoms with van der Waals surface area (Å²) in [6.07, 6.45) is 0. The van der Waals surface area contributed by atoms with Gasteiger partial charge in [-0.15, -0.1) is 0 Å². The van der Waals surface area contributed by atoms with Crippen molar-refractivity contribution in [1.29, 1.82) is 0 Å². The van der Waals surface area contributed by atoms with E-state index < -0.39 is 5.60 Å². The summed E-state index contributed by atoms with van der Waals surface area (Å²) in [7, 11) is 0. The second-order valence-electron chi connectivity index (χ2n) is 4.39. The van der Waals surface area contributed by atoms with Crippen LogP contribution in [0.2, 0.25) is 0 Å². The monoisotopic (exact) mass is 338 g/mol. The Balaban J connectivity index is 2.49. The van der Waals surface area contributed by atoms with E-state index in [1.54, 1.807) is 0 Å². The van der Waals surface area contributed by atoms with Crippen LogP contribution in [-0.2, 0) is 5.60 Å². The number of hydrogen-bond donors (Lipinski definition) is 1. The van der Waals surface area contributed by atoms with E-state index in [1.165, 1.54) is 3.57 Å². The van der Waals surface area contributed by atoms with Crippen molar-refractivity contribution in [2.45, 2.75) is 19.4 Å². The van der Waals surface area contributed by atoms with Gasteiger partial charge >= 0.3 is 0 Å². The smallest absolute Gasteiger partial charge is 0.112 e. The highest BCUT2D eigenvalue weighted by atomic mass is 127. The molecule has 0 fully saturated rings. The number of aliphatic hydroxyl groups is 1. The lowest BCUT2D eigenvalue weighted by molar-refractivity contribution is 0.101. The van der Waals surface area contributed by atoms with Crippen molar-refractivity contribution in [3.05, 3.63) is 68.8 Å². The summed E-state index contributed by atoms with van der Waals surface area (Å²) >= 11 is 2.26. The van der Waals surface area contributed by atoms with E-state index in [0.717, 1.165) is 16.7 Å². The number of rotatable bonds is 2. The Bertz CT molecular complexity index is 515. The number of benzene rings is 2. The first-order valence-electron chi connectivity index (χ1n) is 5.56. The molecule has 0 spiro atoms. The van der Waals surface area contributed by atoms with Gasteiger partial charge in [-0.25, -0.2) is 0 Å². The zero-order valence-corrected chi connectivity index (χ0v) is 12.1. The van der Waals surface area contributed by atoms with Crippen LogP contribution in [0.3, 0.4) is 0 Å². The molecule has 0 aliphatic carbocycles.